The number of nitrogens with one attached hydrogen (secondary N) is 2. The molecule has 0 aliphatic carbocycles. The molecule has 86 heavy (non-hydrogen) atoms. The van der Waals surface area contributed by atoms with Crippen molar-refractivity contribution in [1.29, 1.82) is 0 Å². The van der Waals surface area contributed by atoms with E-state index in [-0.39, 0.29) is 56.5 Å². The van der Waals surface area contributed by atoms with Gasteiger partial charge in [0.05, 0.1) is 122 Å². The molecule has 4 heterocycles. The summed E-state index contributed by atoms with van der Waals surface area (Å²) < 4.78 is 41.5. The molecule has 0 saturated carbocycles. The average molecular weight is 1250 g/mol. The first-order chi connectivity index (χ1) is 41.4. The minimum Gasteiger partial charge on any atom is -0.496 e. The number of nitrogens with zero attached hydrogens (tertiary/aromatic N) is 7. The molecule has 2 fully saturated rings. The third kappa shape index (κ3) is 23.7. The number of fused-ring (bicyclic) bond motifs is 3. The summed E-state index contributed by atoms with van der Waals surface area (Å²) in [6.07, 6.45) is 1.04. The van der Waals surface area contributed by atoms with Gasteiger partial charge in [-0.15, -0.1) is 0 Å². The van der Waals surface area contributed by atoms with Crippen LogP contribution in [-0.4, -0.2) is 257 Å². The fraction of sp³-hybridized carbons (Fsp3) is 0.542. The Morgan fingerprint density at radius 3 is 1.81 bits per heavy atom. The van der Waals surface area contributed by atoms with Crippen LogP contribution in [0.1, 0.15) is 38.4 Å². The Morgan fingerprint density at radius 2 is 1.28 bits per heavy atom. The number of hydrogen-bond donors (Lipinski definition) is 5. The average Bonchev–Trinajstić information content (AvgIpc) is 1.92. The molecule has 4 aromatic rings. The predicted molar refractivity (Wildman–Crippen MR) is 323 cm³/mol. The molecule has 3 aliphatic rings. The van der Waals surface area contributed by atoms with E-state index in [0.717, 1.165) is 58.8 Å². The lowest BCUT2D eigenvalue weighted by molar-refractivity contribution is -0.140. The number of likely N-dealkylation sites (N-methyl/N-ethyl adjacent to an activating group) is 1. The van der Waals surface area contributed by atoms with Gasteiger partial charge in [0, 0.05) is 104 Å². The van der Waals surface area contributed by atoms with Crippen molar-refractivity contribution < 1.29 is 77.2 Å². The summed E-state index contributed by atoms with van der Waals surface area (Å²) >= 11 is 12.8. The smallest absolute Gasteiger partial charge is 0.317 e. The maximum Gasteiger partial charge on any atom is 0.317 e. The largest absolute Gasteiger partial charge is 0.496 e. The fourth-order valence-electron chi connectivity index (χ4n) is 9.52. The number of aromatic nitrogens is 2. The maximum absolute atomic E-state index is 12.9. The molecule has 0 spiro atoms. The number of benzene rings is 3. The van der Waals surface area contributed by atoms with Gasteiger partial charge in [-0.1, -0.05) is 42.3 Å². The second-order valence-electron chi connectivity index (χ2n) is 20.8. The second kappa shape index (κ2) is 37.3. The van der Waals surface area contributed by atoms with Crippen LogP contribution in [0.3, 0.4) is 0 Å². The van der Waals surface area contributed by atoms with Crippen LogP contribution in [0.4, 0.5) is 5.69 Å². The third-order valence-corrected chi connectivity index (χ3v) is 14.6. The first kappa shape index (κ1) is 70.3. The summed E-state index contributed by atoms with van der Waals surface area (Å²) in [5.41, 5.74) is 6.33. The van der Waals surface area contributed by atoms with Gasteiger partial charge in [0.2, 0.25) is 18.2 Å². The number of aryl methyl sites for hydroxylation is 1. The van der Waals surface area contributed by atoms with Crippen LogP contribution < -0.4 is 20.1 Å². The number of carboxylic acids is 2. The van der Waals surface area contributed by atoms with Crippen LogP contribution in [0.5, 0.6) is 11.5 Å². The van der Waals surface area contributed by atoms with E-state index in [0.29, 0.717) is 152 Å². The van der Waals surface area contributed by atoms with Crippen molar-refractivity contribution in [2.75, 3.05) is 170 Å². The van der Waals surface area contributed by atoms with Crippen LogP contribution in [0.15, 0.2) is 54.6 Å². The lowest BCUT2D eigenvalue weighted by atomic mass is 9.96. The molecule has 3 aliphatic heterocycles. The van der Waals surface area contributed by atoms with Crippen molar-refractivity contribution in [2.45, 2.75) is 46.3 Å². The van der Waals surface area contributed by atoms with Crippen LogP contribution in [0.2, 0.25) is 10.0 Å². The number of hydrogen-bond acceptors (Lipinski definition) is 18. The first-order valence-electron chi connectivity index (χ1n) is 28.5. The van der Waals surface area contributed by atoms with Crippen LogP contribution >= 0.6 is 23.2 Å². The van der Waals surface area contributed by atoms with Crippen molar-refractivity contribution >= 4 is 65.5 Å². The van der Waals surface area contributed by atoms with Crippen molar-refractivity contribution in [3.63, 3.8) is 0 Å². The standard InChI is InChI=1S/C51H68Cl2N8O12.C7H13NO2.CH2O2/c1-4-57-10-12-58(14-15-60(34-50(66)67)17-16-59(13-11-57)33-49(64)65)32-48(63)54-9-19-70-21-23-72-25-24-71-22-20-69-18-8-47(62)55-40-7-5-6-37(26-40)42-30-43-46(31-45(42)68-3)73-35-44-36(2)56-61(51(43)44)41-28-38(52)27-39(53)29-41;1-7(2)5-10-4-3-8(7)6-9;2-1-3/h5-7,26-31H,4,8-25,32-35H2,1-3H3,(H,54,63)(H,55,62)(H,64,65)(H,66,67);6H,3-5H2,1-2H3;1H,(H,2,3). The lowest BCUT2D eigenvalue weighted by Gasteiger charge is -2.39. The van der Waals surface area contributed by atoms with Gasteiger partial charge in [0.15, 0.2) is 0 Å². The van der Waals surface area contributed by atoms with Gasteiger partial charge in [-0.25, -0.2) is 4.68 Å². The Balaban J connectivity index is 0.000000923. The van der Waals surface area contributed by atoms with E-state index in [9.17, 15) is 34.2 Å². The maximum atomic E-state index is 12.9. The van der Waals surface area contributed by atoms with E-state index in [2.05, 4.69) is 15.5 Å². The minimum absolute atomic E-state index is 0.101. The van der Waals surface area contributed by atoms with Crippen LogP contribution in [-0.2, 0) is 59.1 Å². The van der Waals surface area contributed by atoms with E-state index in [4.69, 9.17) is 71.4 Å². The number of morpholine rings is 1. The molecule has 7 rings (SSSR count). The van der Waals surface area contributed by atoms with Gasteiger partial charge in [-0.3, -0.25) is 43.5 Å². The molecule has 0 atom stereocenters. The zero-order valence-electron chi connectivity index (χ0n) is 49.8. The summed E-state index contributed by atoms with van der Waals surface area (Å²) in [7, 11) is 1.61. The summed E-state index contributed by atoms with van der Waals surface area (Å²) in [6.45, 7) is 18.0. The van der Waals surface area contributed by atoms with E-state index in [1.165, 1.54) is 0 Å². The second-order valence-corrected chi connectivity index (χ2v) is 21.7. The summed E-state index contributed by atoms with van der Waals surface area (Å²) in [5.74, 6) is -0.962. The quantitative estimate of drug-likeness (QED) is 0.0403. The van der Waals surface area contributed by atoms with Crippen molar-refractivity contribution in [3.8, 4) is 39.6 Å². The van der Waals surface area contributed by atoms with Crippen LogP contribution in [0, 0.1) is 6.92 Å². The Kier molecular flexibility index (Phi) is 30.4. The number of carbonyl (C=O) groups is 6. The van der Waals surface area contributed by atoms with Gasteiger partial charge < -0.3 is 68.9 Å². The van der Waals surface area contributed by atoms with Crippen molar-refractivity contribution in [2.24, 2.45) is 0 Å². The van der Waals surface area contributed by atoms with Crippen molar-refractivity contribution in [3.05, 3.63) is 75.9 Å². The van der Waals surface area contributed by atoms with Gasteiger partial charge in [-0.2, -0.15) is 5.10 Å². The predicted octanol–water partition coefficient (Wildman–Crippen LogP) is 4.60. The minimum atomic E-state index is -0.957. The molecule has 0 radical (unpaired) electrons. The van der Waals surface area contributed by atoms with Gasteiger partial charge in [-0.05, 0) is 69.3 Å². The molecule has 0 bridgehead atoms. The summed E-state index contributed by atoms with van der Waals surface area (Å²) in [4.78, 5) is 77.2. The van der Waals surface area contributed by atoms with E-state index in [1.54, 1.807) is 23.0 Å². The number of carboxylic acid groups (broad SMARTS) is 3. The molecule has 1 aromatic heterocycles. The van der Waals surface area contributed by atoms with Gasteiger partial charge in [0.1, 0.15) is 18.1 Å². The molecule has 5 N–H and O–H groups in total. The molecule has 0 unspecified atom stereocenters. The zero-order valence-corrected chi connectivity index (χ0v) is 51.3. The Morgan fingerprint density at radius 1 is 0.721 bits per heavy atom. The molecular weight excluding hydrogens is 1160 g/mol. The molecule has 3 aromatic carbocycles. The van der Waals surface area contributed by atoms with Crippen molar-refractivity contribution in [1.82, 2.24) is 39.6 Å². The Labute approximate surface area is 512 Å². The molecule has 27 heteroatoms. The molecule has 25 nitrogen and oxygen atoms in total. The molecular formula is C59H83Cl2N9O16. The highest BCUT2D eigenvalue weighted by Crippen LogP contribution is 2.46. The number of amides is 3. The van der Waals surface area contributed by atoms with Gasteiger partial charge in [0.25, 0.3) is 6.47 Å². The topological polar surface area (TPSA) is 286 Å². The highest BCUT2D eigenvalue weighted by Gasteiger charge is 2.30. The number of rotatable bonds is 27. The van der Waals surface area contributed by atoms with Crippen LogP contribution in [0.25, 0.3) is 28.1 Å². The van der Waals surface area contributed by atoms with E-state index in [1.807, 2.05) is 90.7 Å². The lowest BCUT2D eigenvalue weighted by Crippen LogP contribution is -2.52. The molecule has 2 saturated heterocycles. The third-order valence-electron chi connectivity index (χ3n) is 14.1. The summed E-state index contributed by atoms with van der Waals surface area (Å²) in [6, 6.07) is 16.7. The molecule has 474 valence electrons. The Bertz CT molecular complexity index is 2790. The first-order valence-corrected chi connectivity index (χ1v) is 29.2. The molecule has 3 amide bonds. The van der Waals surface area contributed by atoms with E-state index < -0.39 is 11.9 Å². The highest BCUT2D eigenvalue weighted by molar-refractivity contribution is 6.34. The number of ether oxygens (including phenoxy) is 7. The number of anilines is 1. The SMILES string of the molecule is CC1(C)COCCN1C=O.CCN1CCN(CC(=O)O)CCN(CC(=O)O)CCN(CC(=O)NCCOCCOCCOCCOCCC(=O)Nc2cccc(-c3cc4c(cc3OC)OCc3c(C)nn(-c5cc(Cl)cc(Cl)c5)c3-4)c2)CC1.O=CO. The number of halogens is 2. The van der Waals surface area contributed by atoms with Gasteiger partial charge >= 0.3 is 11.9 Å². The number of carbonyl (C=O) groups excluding carboxylic acids is 3. The zero-order chi connectivity index (χ0) is 62.4. The highest BCUT2D eigenvalue weighted by atomic mass is 35.5. The number of aliphatic carboxylic acids is 2. The fourth-order valence-corrected chi connectivity index (χ4v) is 10.0. The Hall–Kier alpha value is -6.49. The monoisotopic (exact) mass is 1240 g/mol. The van der Waals surface area contributed by atoms with E-state index >= 15 is 0 Å². The normalized spacial score (nSPS) is 15.8. The summed E-state index contributed by atoms with van der Waals surface area (Å²) in [5, 5.41) is 37.4. The number of methoxy groups -OCH3 is 1.